The SMILES string of the molecule is CCCC(=O)NCCc1cccnc1. The number of aromatic nitrogens is 1. The molecule has 0 bridgehead atoms. The lowest BCUT2D eigenvalue weighted by atomic mass is 10.2. The van der Waals surface area contributed by atoms with Gasteiger partial charge in [0, 0.05) is 25.4 Å². The molecule has 0 aliphatic carbocycles. The molecule has 1 amide bonds. The molecule has 0 unspecified atom stereocenters. The zero-order chi connectivity index (χ0) is 10.2. The zero-order valence-electron chi connectivity index (χ0n) is 8.49. The molecule has 0 aliphatic heterocycles. The quantitative estimate of drug-likeness (QED) is 0.769. The van der Waals surface area contributed by atoms with E-state index in [1.807, 2.05) is 25.3 Å². The highest BCUT2D eigenvalue weighted by Gasteiger charge is 1.98. The van der Waals surface area contributed by atoms with Crippen molar-refractivity contribution in [1.82, 2.24) is 10.3 Å². The molecular formula is C11H16N2O. The first-order valence-corrected chi connectivity index (χ1v) is 4.98. The van der Waals surface area contributed by atoms with Crippen LogP contribution in [0.15, 0.2) is 24.5 Å². The molecule has 1 N–H and O–H groups in total. The first kappa shape index (κ1) is 10.7. The molecule has 1 rings (SSSR count). The molecule has 1 aromatic heterocycles. The Kier molecular flexibility index (Phi) is 4.69. The predicted molar refractivity (Wildman–Crippen MR) is 55.9 cm³/mol. The summed E-state index contributed by atoms with van der Waals surface area (Å²) < 4.78 is 0. The Morgan fingerprint density at radius 1 is 1.57 bits per heavy atom. The fourth-order valence-electron chi connectivity index (χ4n) is 1.21. The minimum Gasteiger partial charge on any atom is -0.356 e. The third-order valence-corrected chi connectivity index (χ3v) is 1.94. The minimum absolute atomic E-state index is 0.136. The summed E-state index contributed by atoms with van der Waals surface area (Å²) in [5, 5.41) is 2.87. The second-order valence-electron chi connectivity index (χ2n) is 3.21. The van der Waals surface area contributed by atoms with E-state index in [4.69, 9.17) is 0 Å². The van der Waals surface area contributed by atoms with Gasteiger partial charge in [-0.1, -0.05) is 13.0 Å². The second kappa shape index (κ2) is 6.13. The van der Waals surface area contributed by atoms with E-state index < -0.39 is 0 Å². The van der Waals surface area contributed by atoms with Crippen LogP contribution in [0.3, 0.4) is 0 Å². The van der Waals surface area contributed by atoms with Crippen molar-refractivity contribution in [2.75, 3.05) is 6.54 Å². The Labute approximate surface area is 84.6 Å². The lowest BCUT2D eigenvalue weighted by molar-refractivity contribution is -0.121. The summed E-state index contributed by atoms with van der Waals surface area (Å²) in [5.41, 5.74) is 1.16. The van der Waals surface area contributed by atoms with Gasteiger partial charge in [0.05, 0.1) is 0 Å². The molecule has 0 atom stereocenters. The predicted octanol–water partition coefficient (Wildman–Crippen LogP) is 1.54. The van der Waals surface area contributed by atoms with Crippen molar-refractivity contribution < 1.29 is 4.79 Å². The normalized spacial score (nSPS) is 9.79. The van der Waals surface area contributed by atoms with Crippen LogP contribution in [0.1, 0.15) is 25.3 Å². The standard InChI is InChI=1S/C11H16N2O/c1-2-4-11(14)13-8-6-10-5-3-7-12-9-10/h3,5,7,9H,2,4,6,8H2,1H3,(H,13,14). The number of carbonyl (C=O) groups excluding carboxylic acids is 1. The number of hydrogen-bond donors (Lipinski definition) is 1. The smallest absolute Gasteiger partial charge is 0.219 e. The number of rotatable bonds is 5. The van der Waals surface area contributed by atoms with Gasteiger partial charge in [0.15, 0.2) is 0 Å². The molecule has 3 heteroatoms. The number of carbonyl (C=O) groups is 1. The van der Waals surface area contributed by atoms with Gasteiger partial charge in [-0.15, -0.1) is 0 Å². The lowest BCUT2D eigenvalue weighted by Gasteiger charge is -2.03. The van der Waals surface area contributed by atoms with Crippen LogP contribution in [0.4, 0.5) is 0 Å². The van der Waals surface area contributed by atoms with Crippen LogP contribution in [0, 0.1) is 0 Å². The minimum atomic E-state index is 0.136. The van der Waals surface area contributed by atoms with Gasteiger partial charge in [-0.2, -0.15) is 0 Å². The van der Waals surface area contributed by atoms with E-state index in [2.05, 4.69) is 10.3 Å². The molecular weight excluding hydrogens is 176 g/mol. The van der Waals surface area contributed by atoms with Gasteiger partial charge in [0.2, 0.25) is 5.91 Å². The Hall–Kier alpha value is -1.38. The number of nitrogens with one attached hydrogen (secondary N) is 1. The number of hydrogen-bond acceptors (Lipinski definition) is 2. The van der Waals surface area contributed by atoms with Crippen molar-refractivity contribution in [3.63, 3.8) is 0 Å². The van der Waals surface area contributed by atoms with Crippen molar-refractivity contribution in [3.05, 3.63) is 30.1 Å². The fourth-order valence-corrected chi connectivity index (χ4v) is 1.21. The third-order valence-electron chi connectivity index (χ3n) is 1.94. The molecule has 0 saturated heterocycles. The summed E-state index contributed by atoms with van der Waals surface area (Å²) in [6.07, 6.45) is 5.94. The number of amides is 1. The van der Waals surface area contributed by atoms with Gasteiger partial charge in [0.1, 0.15) is 0 Å². The van der Waals surface area contributed by atoms with Crippen LogP contribution in [0.2, 0.25) is 0 Å². The summed E-state index contributed by atoms with van der Waals surface area (Å²) in [4.78, 5) is 15.1. The fraction of sp³-hybridized carbons (Fsp3) is 0.455. The van der Waals surface area contributed by atoms with Gasteiger partial charge in [-0.3, -0.25) is 9.78 Å². The van der Waals surface area contributed by atoms with Crippen LogP contribution < -0.4 is 5.32 Å². The summed E-state index contributed by atoms with van der Waals surface area (Å²) in [7, 11) is 0. The molecule has 3 nitrogen and oxygen atoms in total. The Bertz CT molecular complexity index is 272. The summed E-state index contributed by atoms with van der Waals surface area (Å²) in [6.45, 7) is 2.70. The van der Waals surface area contributed by atoms with E-state index in [1.54, 1.807) is 6.20 Å². The highest BCUT2D eigenvalue weighted by molar-refractivity contribution is 5.75. The highest BCUT2D eigenvalue weighted by Crippen LogP contribution is 1.95. The van der Waals surface area contributed by atoms with E-state index in [9.17, 15) is 4.79 Å². The summed E-state index contributed by atoms with van der Waals surface area (Å²) >= 11 is 0. The van der Waals surface area contributed by atoms with Crippen LogP contribution in [0.25, 0.3) is 0 Å². The van der Waals surface area contributed by atoms with Crippen LogP contribution in [-0.4, -0.2) is 17.4 Å². The van der Waals surface area contributed by atoms with Gasteiger partial charge in [-0.05, 0) is 24.5 Å². The van der Waals surface area contributed by atoms with E-state index in [0.29, 0.717) is 13.0 Å². The van der Waals surface area contributed by atoms with Crippen LogP contribution in [0.5, 0.6) is 0 Å². The summed E-state index contributed by atoms with van der Waals surface area (Å²) in [5.74, 6) is 0.136. The Morgan fingerprint density at radius 2 is 2.43 bits per heavy atom. The van der Waals surface area contributed by atoms with Gasteiger partial charge in [-0.25, -0.2) is 0 Å². The van der Waals surface area contributed by atoms with Crippen molar-refractivity contribution in [1.29, 1.82) is 0 Å². The topological polar surface area (TPSA) is 42.0 Å². The zero-order valence-corrected chi connectivity index (χ0v) is 8.49. The highest BCUT2D eigenvalue weighted by atomic mass is 16.1. The average Bonchev–Trinajstić information content (AvgIpc) is 2.20. The van der Waals surface area contributed by atoms with Gasteiger partial charge < -0.3 is 5.32 Å². The van der Waals surface area contributed by atoms with E-state index in [0.717, 1.165) is 18.4 Å². The molecule has 1 heterocycles. The summed E-state index contributed by atoms with van der Waals surface area (Å²) in [6, 6.07) is 3.92. The first-order chi connectivity index (χ1) is 6.83. The molecule has 14 heavy (non-hydrogen) atoms. The van der Waals surface area contributed by atoms with Gasteiger partial charge in [0.25, 0.3) is 0 Å². The van der Waals surface area contributed by atoms with E-state index in [-0.39, 0.29) is 5.91 Å². The van der Waals surface area contributed by atoms with Crippen molar-refractivity contribution in [3.8, 4) is 0 Å². The second-order valence-corrected chi connectivity index (χ2v) is 3.21. The monoisotopic (exact) mass is 192 g/mol. The maximum Gasteiger partial charge on any atom is 0.219 e. The molecule has 0 fully saturated rings. The van der Waals surface area contributed by atoms with Gasteiger partial charge >= 0.3 is 0 Å². The largest absolute Gasteiger partial charge is 0.356 e. The average molecular weight is 192 g/mol. The van der Waals surface area contributed by atoms with E-state index in [1.165, 1.54) is 0 Å². The maximum atomic E-state index is 11.1. The number of nitrogens with zero attached hydrogens (tertiary/aromatic N) is 1. The Morgan fingerprint density at radius 3 is 3.07 bits per heavy atom. The van der Waals surface area contributed by atoms with Crippen LogP contribution in [-0.2, 0) is 11.2 Å². The number of pyridine rings is 1. The maximum absolute atomic E-state index is 11.1. The molecule has 0 saturated carbocycles. The molecule has 0 spiro atoms. The molecule has 1 aromatic rings. The molecule has 0 aromatic carbocycles. The third kappa shape index (κ3) is 4.03. The van der Waals surface area contributed by atoms with Crippen molar-refractivity contribution in [2.45, 2.75) is 26.2 Å². The molecule has 0 radical (unpaired) electrons. The van der Waals surface area contributed by atoms with E-state index >= 15 is 0 Å². The molecule has 76 valence electrons. The van der Waals surface area contributed by atoms with Crippen molar-refractivity contribution >= 4 is 5.91 Å². The molecule has 0 aliphatic rings. The lowest BCUT2D eigenvalue weighted by Crippen LogP contribution is -2.25. The Balaban J connectivity index is 2.19. The first-order valence-electron chi connectivity index (χ1n) is 4.98. The van der Waals surface area contributed by atoms with Crippen molar-refractivity contribution in [2.24, 2.45) is 0 Å². The van der Waals surface area contributed by atoms with Crippen LogP contribution >= 0.6 is 0 Å².